The van der Waals surface area contributed by atoms with Gasteiger partial charge in [-0.25, -0.2) is 9.18 Å². The third-order valence-corrected chi connectivity index (χ3v) is 3.98. The van der Waals surface area contributed by atoms with Crippen LogP contribution in [-0.2, 0) is 4.79 Å². The van der Waals surface area contributed by atoms with Gasteiger partial charge in [-0.15, -0.1) is 0 Å². The van der Waals surface area contributed by atoms with E-state index in [1.54, 1.807) is 17.0 Å². The SMILES string of the molecule is NC(=O)N1CCCN(C(=O)C=Cc2cc(Br)ccc2F)CC1. The fourth-order valence-corrected chi connectivity index (χ4v) is 2.65. The van der Waals surface area contributed by atoms with Crippen molar-refractivity contribution in [1.29, 1.82) is 0 Å². The topological polar surface area (TPSA) is 66.6 Å². The third kappa shape index (κ3) is 4.30. The quantitative estimate of drug-likeness (QED) is 0.812. The highest BCUT2D eigenvalue weighted by Gasteiger charge is 2.19. The Morgan fingerprint density at radius 1 is 1.18 bits per heavy atom. The highest BCUT2D eigenvalue weighted by molar-refractivity contribution is 9.10. The number of hydrogen-bond donors (Lipinski definition) is 1. The standard InChI is InChI=1S/C15H17BrFN3O2/c16-12-3-4-13(17)11(10-12)2-5-14(21)19-6-1-7-20(9-8-19)15(18)22/h2-5,10H,1,6-9H2,(H2,18,22). The summed E-state index contributed by atoms with van der Waals surface area (Å²) in [5, 5.41) is 0. The van der Waals surface area contributed by atoms with Gasteiger partial charge in [0.05, 0.1) is 0 Å². The zero-order chi connectivity index (χ0) is 16.1. The Kier molecular flexibility index (Phi) is 5.54. The Hall–Kier alpha value is -1.89. The predicted octanol–water partition coefficient (Wildman–Crippen LogP) is 2.21. The number of carbonyl (C=O) groups excluding carboxylic acids is 2. The van der Waals surface area contributed by atoms with E-state index in [1.165, 1.54) is 23.1 Å². The van der Waals surface area contributed by atoms with E-state index in [4.69, 9.17) is 5.73 Å². The maximum Gasteiger partial charge on any atom is 0.314 e. The number of amides is 3. The highest BCUT2D eigenvalue weighted by atomic mass is 79.9. The van der Waals surface area contributed by atoms with Crippen LogP contribution < -0.4 is 5.73 Å². The van der Waals surface area contributed by atoms with Crippen LogP contribution in [0.25, 0.3) is 6.08 Å². The van der Waals surface area contributed by atoms with E-state index in [0.29, 0.717) is 38.2 Å². The average Bonchev–Trinajstić information content (AvgIpc) is 2.74. The van der Waals surface area contributed by atoms with Crippen LogP contribution in [0, 0.1) is 5.82 Å². The molecule has 0 unspecified atom stereocenters. The van der Waals surface area contributed by atoms with E-state index in [2.05, 4.69) is 15.9 Å². The molecule has 1 fully saturated rings. The Balaban J connectivity index is 2.01. The van der Waals surface area contributed by atoms with Crippen LogP contribution in [0.5, 0.6) is 0 Å². The molecule has 5 nitrogen and oxygen atoms in total. The Morgan fingerprint density at radius 2 is 1.86 bits per heavy atom. The summed E-state index contributed by atoms with van der Waals surface area (Å²) in [7, 11) is 0. The lowest BCUT2D eigenvalue weighted by molar-refractivity contribution is -0.125. The zero-order valence-corrected chi connectivity index (χ0v) is 13.6. The van der Waals surface area contributed by atoms with E-state index >= 15 is 0 Å². The van der Waals surface area contributed by atoms with Crippen molar-refractivity contribution >= 4 is 33.9 Å². The molecule has 0 aromatic heterocycles. The van der Waals surface area contributed by atoms with Gasteiger partial charge in [-0.1, -0.05) is 15.9 Å². The smallest absolute Gasteiger partial charge is 0.314 e. The predicted molar refractivity (Wildman–Crippen MR) is 85.5 cm³/mol. The third-order valence-electron chi connectivity index (χ3n) is 3.48. The Bertz CT molecular complexity index is 606. The summed E-state index contributed by atoms with van der Waals surface area (Å²) < 4.78 is 14.4. The molecule has 3 amide bonds. The highest BCUT2D eigenvalue weighted by Crippen LogP contribution is 2.17. The monoisotopic (exact) mass is 369 g/mol. The van der Waals surface area contributed by atoms with Crippen LogP contribution in [0.1, 0.15) is 12.0 Å². The number of rotatable bonds is 2. The van der Waals surface area contributed by atoms with Gasteiger partial charge in [-0.2, -0.15) is 0 Å². The van der Waals surface area contributed by atoms with E-state index in [-0.39, 0.29) is 11.7 Å². The summed E-state index contributed by atoms with van der Waals surface area (Å²) in [6.45, 7) is 1.93. The van der Waals surface area contributed by atoms with Crippen LogP contribution in [0.2, 0.25) is 0 Å². The van der Waals surface area contributed by atoms with Gasteiger partial charge in [-0.3, -0.25) is 4.79 Å². The number of hydrogen-bond acceptors (Lipinski definition) is 2. The van der Waals surface area contributed by atoms with Crippen molar-refractivity contribution in [3.8, 4) is 0 Å². The number of halogens is 2. The first-order valence-electron chi connectivity index (χ1n) is 6.94. The molecule has 1 aromatic carbocycles. The minimum Gasteiger partial charge on any atom is -0.351 e. The average molecular weight is 370 g/mol. The molecule has 0 bridgehead atoms. The van der Waals surface area contributed by atoms with Gasteiger partial charge in [0.25, 0.3) is 0 Å². The lowest BCUT2D eigenvalue weighted by Gasteiger charge is -2.19. The largest absolute Gasteiger partial charge is 0.351 e. The lowest BCUT2D eigenvalue weighted by atomic mass is 10.2. The minimum atomic E-state index is -0.471. The van der Waals surface area contributed by atoms with Crippen LogP contribution >= 0.6 is 15.9 Å². The normalized spacial score (nSPS) is 15.9. The summed E-state index contributed by atoms with van der Waals surface area (Å²) in [6, 6.07) is 4.07. The molecule has 1 aliphatic rings. The summed E-state index contributed by atoms with van der Waals surface area (Å²) in [4.78, 5) is 26.5. The van der Waals surface area contributed by atoms with E-state index in [9.17, 15) is 14.0 Å². The molecule has 1 heterocycles. The summed E-state index contributed by atoms with van der Waals surface area (Å²) in [5.41, 5.74) is 5.59. The molecule has 7 heteroatoms. The maximum atomic E-state index is 13.6. The van der Waals surface area contributed by atoms with Crippen LogP contribution in [-0.4, -0.2) is 47.9 Å². The van der Waals surface area contributed by atoms with Gasteiger partial charge in [0.2, 0.25) is 5.91 Å². The van der Waals surface area contributed by atoms with Crippen LogP contribution in [0.3, 0.4) is 0 Å². The maximum absolute atomic E-state index is 13.6. The summed E-state index contributed by atoms with van der Waals surface area (Å²) >= 11 is 3.27. The second-order valence-corrected chi connectivity index (χ2v) is 5.92. The van der Waals surface area contributed by atoms with Gasteiger partial charge in [0.15, 0.2) is 0 Å². The molecule has 0 aliphatic carbocycles. The first-order chi connectivity index (χ1) is 10.5. The van der Waals surface area contributed by atoms with Crippen molar-refractivity contribution in [2.24, 2.45) is 5.73 Å². The molecule has 0 atom stereocenters. The first-order valence-corrected chi connectivity index (χ1v) is 7.73. The molecule has 2 N–H and O–H groups in total. The fraction of sp³-hybridized carbons (Fsp3) is 0.333. The number of nitrogens with two attached hydrogens (primary N) is 1. The number of nitrogens with zero attached hydrogens (tertiary/aromatic N) is 2. The van der Waals surface area contributed by atoms with E-state index in [0.717, 1.165) is 4.47 Å². The zero-order valence-electron chi connectivity index (χ0n) is 12.0. The molecule has 22 heavy (non-hydrogen) atoms. The number of primary amides is 1. The van der Waals surface area contributed by atoms with Crippen molar-refractivity contribution in [2.45, 2.75) is 6.42 Å². The summed E-state index contributed by atoms with van der Waals surface area (Å²) in [5.74, 6) is -0.589. The molecule has 2 rings (SSSR count). The van der Waals surface area contributed by atoms with Gasteiger partial charge >= 0.3 is 6.03 Å². The van der Waals surface area contributed by atoms with Crippen molar-refractivity contribution in [2.75, 3.05) is 26.2 Å². The van der Waals surface area contributed by atoms with Gasteiger partial charge in [0, 0.05) is 42.3 Å². The lowest BCUT2D eigenvalue weighted by Crippen LogP contribution is -2.39. The van der Waals surface area contributed by atoms with E-state index < -0.39 is 6.03 Å². The Labute approximate surface area is 136 Å². The fourth-order valence-electron chi connectivity index (χ4n) is 2.27. The molecule has 0 radical (unpaired) electrons. The molecule has 1 saturated heterocycles. The Morgan fingerprint density at radius 3 is 2.59 bits per heavy atom. The molecular formula is C15H17BrFN3O2. The second-order valence-electron chi connectivity index (χ2n) is 5.00. The van der Waals surface area contributed by atoms with Crippen molar-refractivity contribution in [1.82, 2.24) is 9.80 Å². The molecular weight excluding hydrogens is 353 g/mol. The molecule has 118 valence electrons. The molecule has 0 spiro atoms. The molecule has 0 saturated carbocycles. The van der Waals surface area contributed by atoms with E-state index in [1.807, 2.05) is 0 Å². The second kappa shape index (κ2) is 7.40. The van der Waals surface area contributed by atoms with Crippen LogP contribution in [0.15, 0.2) is 28.7 Å². The van der Waals surface area contributed by atoms with Crippen molar-refractivity contribution in [3.05, 3.63) is 40.1 Å². The van der Waals surface area contributed by atoms with Gasteiger partial charge in [-0.05, 0) is 30.7 Å². The molecule has 1 aliphatic heterocycles. The minimum absolute atomic E-state index is 0.203. The van der Waals surface area contributed by atoms with Crippen molar-refractivity contribution < 1.29 is 14.0 Å². The number of benzene rings is 1. The first kappa shape index (κ1) is 16.5. The summed E-state index contributed by atoms with van der Waals surface area (Å²) in [6.07, 6.45) is 3.48. The van der Waals surface area contributed by atoms with Crippen LogP contribution in [0.4, 0.5) is 9.18 Å². The van der Waals surface area contributed by atoms with Gasteiger partial charge < -0.3 is 15.5 Å². The molecule has 1 aromatic rings. The van der Waals surface area contributed by atoms with Gasteiger partial charge in [0.1, 0.15) is 5.82 Å². The number of carbonyl (C=O) groups is 2. The van der Waals surface area contributed by atoms with Crippen molar-refractivity contribution in [3.63, 3.8) is 0 Å². The number of urea groups is 1.